The molecule has 0 unspecified atom stereocenters. The highest BCUT2D eigenvalue weighted by Gasteiger charge is 2.22. The average Bonchev–Trinajstić information content (AvgIpc) is 3.68. The maximum atomic E-state index is 13.3. The highest BCUT2D eigenvalue weighted by molar-refractivity contribution is 6.04. The SMILES string of the molecule is Cc1ccc(NC(=O)CCCC2CCCC2)cc1CCc1cc(NC(=O)c2ccc(N3CCN(C)CC3)cc2)n(C(C)(C)C)n1. The van der Waals surface area contributed by atoms with E-state index in [1.54, 1.807) is 0 Å². The van der Waals surface area contributed by atoms with Crippen LogP contribution in [0.1, 0.15) is 92.9 Å². The molecule has 1 saturated carbocycles. The molecule has 242 valence electrons. The van der Waals surface area contributed by atoms with Crippen molar-refractivity contribution in [1.82, 2.24) is 14.7 Å². The minimum absolute atomic E-state index is 0.0982. The number of anilines is 3. The number of piperazine rings is 1. The van der Waals surface area contributed by atoms with E-state index in [0.717, 1.165) is 68.4 Å². The van der Waals surface area contributed by atoms with E-state index in [2.05, 4.69) is 67.3 Å². The summed E-state index contributed by atoms with van der Waals surface area (Å²) in [4.78, 5) is 30.6. The minimum Gasteiger partial charge on any atom is -0.369 e. The van der Waals surface area contributed by atoms with Crippen LogP contribution in [0.25, 0.3) is 0 Å². The second-order valence-electron chi connectivity index (χ2n) is 14.1. The van der Waals surface area contributed by atoms with Gasteiger partial charge in [0.1, 0.15) is 5.82 Å². The quantitative estimate of drug-likeness (QED) is 0.243. The van der Waals surface area contributed by atoms with Crippen LogP contribution in [0.4, 0.5) is 17.2 Å². The number of rotatable bonds is 11. The van der Waals surface area contributed by atoms with Gasteiger partial charge in [-0.1, -0.05) is 31.7 Å². The molecule has 1 saturated heterocycles. The van der Waals surface area contributed by atoms with Gasteiger partial charge >= 0.3 is 0 Å². The molecule has 8 heteroatoms. The van der Waals surface area contributed by atoms with E-state index in [0.29, 0.717) is 17.8 Å². The number of likely N-dealkylation sites (N-methyl/N-ethyl adjacent to an activating group) is 1. The Morgan fingerprint density at radius 2 is 1.62 bits per heavy atom. The number of hydrogen-bond donors (Lipinski definition) is 2. The van der Waals surface area contributed by atoms with Gasteiger partial charge in [-0.2, -0.15) is 5.10 Å². The van der Waals surface area contributed by atoms with Crippen molar-refractivity contribution in [3.05, 3.63) is 70.9 Å². The van der Waals surface area contributed by atoms with Gasteiger partial charge < -0.3 is 20.4 Å². The summed E-state index contributed by atoms with van der Waals surface area (Å²) in [5, 5.41) is 11.2. The number of carbonyl (C=O) groups is 2. The molecule has 8 nitrogen and oxygen atoms in total. The molecule has 0 radical (unpaired) electrons. The first kappa shape index (κ1) is 32.7. The number of amides is 2. The maximum Gasteiger partial charge on any atom is 0.256 e. The lowest BCUT2D eigenvalue weighted by atomic mass is 10.0. The molecule has 2 fully saturated rings. The Labute approximate surface area is 269 Å². The van der Waals surface area contributed by atoms with Crippen LogP contribution in [0.3, 0.4) is 0 Å². The molecule has 1 aliphatic carbocycles. The predicted molar refractivity (Wildman–Crippen MR) is 184 cm³/mol. The molecule has 3 aromatic rings. The Morgan fingerprint density at radius 3 is 2.31 bits per heavy atom. The van der Waals surface area contributed by atoms with Gasteiger partial charge in [0.05, 0.1) is 11.2 Å². The van der Waals surface area contributed by atoms with Crippen LogP contribution in [0.2, 0.25) is 0 Å². The fourth-order valence-electron chi connectivity index (χ4n) is 6.58. The van der Waals surface area contributed by atoms with Crippen LogP contribution in [0.5, 0.6) is 0 Å². The second-order valence-corrected chi connectivity index (χ2v) is 14.1. The highest BCUT2D eigenvalue weighted by atomic mass is 16.2. The third-order valence-corrected chi connectivity index (χ3v) is 9.41. The Morgan fingerprint density at radius 1 is 0.911 bits per heavy atom. The van der Waals surface area contributed by atoms with E-state index in [1.165, 1.54) is 43.2 Å². The van der Waals surface area contributed by atoms with Gasteiger partial charge in [0.15, 0.2) is 0 Å². The monoisotopic (exact) mass is 612 g/mol. The minimum atomic E-state index is -0.302. The van der Waals surface area contributed by atoms with E-state index in [1.807, 2.05) is 41.1 Å². The summed E-state index contributed by atoms with van der Waals surface area (Å²) in [5.41, 5.74) is 5.64. The molecular weight excluding hydrogens is 560 g/mol. The topological polar surface area (TPSA) is 82.5 Å². The third kappa shape index (κ3) is 8.97. The maximum absolute atomic E-state index is 13.3. The molecule has 2 N–H and O–H groups in total. The molecule has 2 amide bonds. The molecule has 2 aliphatic rings. The number of carbonyl (C=O) groups excluding carboxylic acids is 2. The summed E-state index contributed by atoms with van der Waals surface area (Å²) >= 11 is 0. The largest absolute Gasteiger partial charge is 0.369 e. The van der Waals surface area contributed by atoms with Crippen LogP contribution in [0.15, 0.2) is 48.5 Å². The fraction of sp³-hybridized carbons (Fsp3) is 0.541. The van der Waals surface area contributed by atoms with Crippen molar-refractivity contribution in [2.75, 3.05) is 48.8 Å². The van der Waals surface area contributed by atoms with E-state index in [4.69, 9.17) is 5.10 Å². The smallest absolute Gasteiger partial charge is 0.256 e. The van der Waals surface area contributed by atoms with E-state index < -0.39 is 0 Å². The first-order chi connectivity index (χ1) is 21.5. The molecule has 1 aromatic heterocycles. The van der Waals surface area contributed by atoms with Crippen molar-refractivity contribution in [3.63, 3.8) is 0 Å². The fourth-order valence-corrected chi connectivity index (χ4v) is 6.58. The number of aryl methyl sites for hydroxylation is 3. The van der Waals surface area contributed by atoms with Gasteiger partial charge in [-0.15, -0.1) is 0 Å². The van der Waals surface area contributed by atoms with Crippen LogP contribution in [0, 0.1) is 12.8 Å². The zero-order chi connectivity index (χ0) is 32.0. The zero-order valence-electron chi connectivity index (χ0n) is 28.0. The van der Waals surface area contributed by atoms with Gasteiger partial charge in [-0.25, -0.2) is 4.68 Å². The first-order valence-electron chi connectivity index (χ1n) is 16.9. The lowest BCUT2D eigenvalue weighted by Gasteiger charge is -2.34. The number of hydrogen-bond acceptors (Lipinski definition) is 5. The summed E-state index contributed by atoms with van der Waals surface area (Å²) in [7, 11) is 2.15. The molecule has 1 aliphatic heterocycles. The summed E-state index contributed by atoms with van der Waals surface area (Å²) in [6, 6.07) is 16.1. The Balaban J connectivity index is 1.19. The van der Waals surface area contributed by atoms with Crippen LogP contribution >= 0.6 is 0 Å². The Hall–Kier alpha value is -3.65. The molecule has 5 rings (SSSR count). The molecule has 0 spiro atoms. The molecule has 45 heavy (non-hydrogen) atoms. The zero-order valence-corrected chi connectivity index (χ0v) is 28.0. The normalized spacial score (nSPS) is 16.2. The summed E-state index contributed by atoms with van der Waals surface area (Å²) in [5.74, 6) is 1.47. The molecular formula is C37H52N6O2. The summed E-state index contributed by atoms with van der Waals surface area (Å²) in [6.07, 6.45) is 9.59. The highest BCUT2D eigenvalue weighted by Crippen LogP contribution is 2.29. The summed E-state index contributed by atoms with van der Waals surface area (Å²) in [6.45, 7) is 12.5. The number of aromatic nitrogens is 2. The molecule has 0 bridgehead atoms. The van der Waals surface area contributed by atoms with Crippen molar-refractivity contribution in [2.45, 2.75) is 91.0 Å². The number of benzene rings is 2. The molecule has 0 atom stereocenters. The van der Waals surface area contributed by atoms with Gasteiger partial charge in [-0.05, 0) is 114 Å². The van der Waals surface area contributed by atoms with Gasteiger partial charge in [0, 0.05) is 55.6 Å². The second kappa shape index (κ2) is 14.6. The van der Waals surface area contributed by atoms with Crippen LogP contribution in [-0.4, -0.2) is 59.7 Å². The average molecular weight is 613 g/mol. The molecule has 2 aromatic carbocycles. The molecule has 2 heterocycles. The van der Waals surface area contributed by atoms with Crippen LogP contribution < -0.4 is 15.5 Å². The van der Waals surface area contributed by atoms with Crippen molar-refractivity contribution in [1.29, 1.82) is 0 Å². The third-order valence-electron chi connectivity index (χ3n) is 9.41. The van der Waals surface area contributed by atoms with Crippen LogP contribution in [-0.2, 0) is 23.2 Å². The summed E-state index contributed by atoms with van der Waals surface area (Å²) < 4.78 is 1.91. The van der Waals surface area contributed by atoms with Crippen molar-refractivity contribution < 1.29 is 9.59 Å². The standard InChI is InChI=1S/C37H52N6O2/c1-27-13-17-31(38-35(44)12-8-11-28-9-6-7-10-28)25-30(27)14-18-32-26-34(43(40-32)37(2,3)4)39-36(45)29-15-19-33(20-16-29)42-23-21-41(5)22-24-42/h13,15-17,19-20,25-26,28H,6-12,14,18,21-24H2,1-5H3,(H,38,44)(H,39,45). The van der Waals surface area contributed by atoms with Gasteiger partial charge in [0.2, 0.25) is 5.91 Å². The van der Waals surface area contributed by atoms with Crippen molar-refractivity contribution >= 4 is 29.0 Å². The Kier molecular flexibility index (Phi) is 10.6. The van der Waals surface area contributed by atoms with Gasteiger partial charge in [0.25, 0.3) is 5.91 Å². The number of nitrogens with one attached hydrogen (secondary N) is 2. The van der Waals surface area contributed by atoms with Gasteiger partial charge in [-0.3, -0.25) is 9.59 Å². The van der Waals surface area contributed by atoms with E-state index in [-0.39, 0.29) is 17.4 Å². The lowest BCUT2D eigenvalue weighted by Crippen LogP contribution is -2.44. The van der Waals surface area contributed by atoms with E-state index >= 15 is 0 Å². The predicted octanol–water partition coefficient (Wildman–Crippen LogP) is 7.03. The number of nitrogens with zero attached hydrogens (tertiary/aromatic N) is 4. The van der Waals surface area contributed by atoms with E-state index in [9.17, 15) is 9.59 Å². The Bertz CT molecular complexity index is 1440. The van der Waals surface area contributed by atoms with Crippen molar-refractivity contribution in [3.8, 4) is 0 Å². The first-order valence-corrected chi connectivity index (χ1v) is 16.9. The van der Waals surface area contributed by atoms with Crippen molar-refractivity contribution in [2.24, 2.45) is 5.92 Å². The lowest BCUT2D eigenvalue weighted by molar-refractivity contribution is -0.116.